The number of aliphatic hydroxyl groups is 1. The lowest BCUT2D eigenvalue weighted by atomic mass is 10.1. The van der Waals surface area contributed by atoms with Crippen LogP contribution in [0.4, 0.5) is 0 Å². The maximum atomic E-state index is 10.6. The highest BCUT2D eigenvalue weighted by Crippen LogP contribution is 2.12. The third-order valence-corrected chi connectivity index (χ3v) is 1.21. The number of rotatable bonds is 3. The average Bonchev–Trinajstić information content (AvgIpc) is 1.88. The van der Waals surface area contributed by atoms with Gasteiger partial charge in [0.15, 0.2) is 11.5 Å². The van der Waals surface area contributed by atoms with E-state index in [0.29, 0.717) is 0 Å². The first-order valence-electron chi connectivity index (χ1n) is 3.28. The quantitative estimate of drug-likeness (QED) is 0.385. The third-order valence-electron chi connectivity index (χ3n) is 1.21. The summed E-state index contributed by atoms with van der Waals surface area (Å²) in [5.74, 6) is -0.995. The second-order valence-corrected chi connectivity index (χ2v) is 2.54. The predicted octanol–water partition coefficient (Wildman–Crippen LogP) is 1.77. The first-order chi connectivity index (χ1) is 5.00. The Hall–Kier alpha value is -1.19. The Balaban J connectivity index is 4.83. The topological polar surface area (TPSA) is 66.7 Å². The summed E-state index contributed by atoms with van der Waals surface area (Å²) >= 11 is 0. The van der Waals surface area contributed by atoms with Gasteiger partial charge in [0.25, 0.3) is 0 Å². The molecule has 0 aromatic carbocycles. The molecule has 4 heteroatoms. The standard InChI is InChI=1S/C7H11NO3/c1-4(2)7(10)6(8-11)5(3)9/h4,10H,1-3H3. The number of nitrogens with zero attached hydrogens (tertiary/aromatic N) is 1. The van der Waals surface area contributed by atoms with Crippen LogP contribution in [0.5, 0.6) is 0 Å². The zero-order chi connectivity index (χ0) is 9.02. The van der Waals surface area contributed by atoms with Crippen molar-refractivity contribution in [3.05, 3.63) is 16.4 Å². The molecular weight excluding hydrogens is 146 g/mol. The molecule has 4 nitrogen and oxygen atoms in total. The SMILES string of the molecule is CC(=O)C(N=O)=C(O)C(C)C. The summed E-state index contributed by atoms with van der Waals surface area (Å²) in [5, 5.41) is 11.6. The normalized spacial score (nSPS) is 12.7. The molecule has 0 rings (SSSR count). The highest BCUT2D eigenvalue weighted by Gasteiger charge is 2.13. The number of nitroso groups, excluding NO2 is 1. The van der Waals surface area contributed by atoms with Crippen LogP contribution in [-0.2, 0) is 4.79 Å². The van der Waals surface area contributed by atoms with Gasteiger partial charge in [-0.15, -0.1) is 4.91 Å². The minimum atomic E-state index is -0.508. The smallest absolute Gasteiger partial charge is 0.188 e. The maximum absolute atomic E-state index is 10.6. The minimum Gasteiger partial charge on any atom is -0.510 e. The molecule has 0 radical (unpaired) electrons. The lowest BCUT2D eigenvalue weighted by Gasteiger charge is -2.03. The molecular formula is C7H11NO3. The van der Waals surface area contributed by atoms with E-state index in [-0.39, 0.29) is 17.4 Å². The largest absolute Gasteiger partial charge is 0.510 e. The van der Waals surface area contributed by atoms with Crippen molar-refractivity contribution in [1.29, 1.82) is 0 Å². The molecule has 0 aliphatic rings. The molecule has 0 aliphatic carbocycles. The molecule has 0 amide bonds. The van der Waals surface area contributed by atoms with Crippen LogP contribution in [0.2, 0.25) is 0 Å². The summed E-state index contributed by atoms with van der Waals surface area (Å²) in [7, 11) is 0. The van der Waals surface area contributed by atoms with Crippen LogP contribution in [0.25, 0.3) is 0 Å². The first kappa shape index (κ1) is 9.81. The molecule has 11 heavy (non-hydrogen) atoms. The van der Waals surface area contributed by atoms with Crippen LogP contribution >= 0.6 is 0 Å². The van der Waals surface area contributed by atoms with Gasteiger partial charge in [-0.3, -0.25) is 4.79 Å². The molecule has 0 aliphatic heterocycles. The predicted molar refractivity (Wildman–Crippen MR) is 41.0 cm³/mol. The monoisotopic (exact) mass is 157 g/mol. The van der Waals surface area contributed by atoms with Gasteiger partial charge in [0.2, 0.25) is 0 Å². The van der Waals surface area contributed by atoms with Gasteiger partial charge in [0, 0.05) is 12.8 Å². The number of Topliss-reactive ketones (excluding diaryl/α,β-unsaturated/α-hetero) is 1. The van der Waals surface area contributed by atoms with E-state index in [2.05, 4.69) is 5.18 Å². The van der Waals surface area contributed by atoms with Gasteiger partial charge in [0.1, 0.15) is 5.76 Å². The minimum absolute atomic E-state index is 0.243. The van der Waals surface area contributed by atoms with Crippen LogP contribution in [0, 0.1) is 10.8 Å². The molecule has 0 saturated heterocycles. The molecule has 0 spiro atoms. The summed E-state index contributed by atoms with van der Waals surface area (Å²) in [6.07, 6.45) is 0. The van der Waals surface area contributed by atoms with E-state index >= 15 is 0 Å². The van der Waals surface area contributed by atoms with Crippen molar-refractivity contribution >= 4 is 5.78 Å². The van der Waals surface area contributed by atoms with Crippen molar-refractivity contribution in [2.45, 2.75) is 20.8 Å². The van der Waals surface area contributed by atoms with E-state index < -0.39 is 5.78 Å². The van der Waals surface area contributed by atoms with Crippen LogP contribution in [-0.4, -0.2) is 10.9 Å². The van der Waals surface area contributed by atoms with Gasteiger partial charge in [-0.2, -0.15) is 0 Å². The van der Waals surface area contributed by atoms with E-state index in [1.807, 2.05) is 0 Å². The van der Waals surface area contributed by atoms with Crippen LogP contribution in [0.3, 0.4) is 0 Å². The Morgan fingerprint density at radius 3 is 2.00 bits per heavy atom. The third kappa shape index (κ3) is 2.49. The van der Waals surface area contributed by atoms with Gasteiger partial charge < -0.3 is 5.11 Å². The summed E-state index contributed by atoms with van der Waals surface area (Å²) in [5.41, 5.74) is -0.375. The molecule has 62 valence electrons. The van der Waals surface area contributed by atoms with Gasteiger partial charge in [-0.1, -0.05) is 13.8 Å². The molecule has 0 bridgehead atoms. The van der Waals surface area contributed by atoms with E-state index in [0.717, 1.165) is 0 Å². The summed E-state index contributed by atoms with van der Waals surface area (Å²) in [6.45, 7) is 4.53. The number of aliphatic hydroxyl groups excluding tert-OH is 1. The summed E-state index contributed by atoms with van der Waals surface area (Å²) in [4.78, 5) is 20.6. The molecule has 0 atom stereocenters. The fourth-order valence-electron chi connectivity index (χ4n) is 0.565. The van der Waals surface area contributed by atoms with Gasteiger partial charge in [-0.25, -0.2) is 0 Å². The molecule has 0 fully saturated rings. The van der Waals surface area contributed by atoms with Crippen molar-refractivity contribution in [2.24, 2.45) is 11.1 Å². The molecule has 0 unspecified atom stereocenters. The van der Waals surface area contributed by atoms with Gasteiger partial charge in [0.05, 0.1) is 0 Å². The second-order valence-electron chi connectivity index (χ2n) is 2.54. The van der Waals surface area contributed by atoms with E-state index in [4.69, 9.17) is 5.11 Å². The number of allylic oxidation sites excluding steroid dienone is 2. The highest BCUT2D eigenvalue weighted by atomic mass is 16.3. The summed E-state index contributed by atoms with van der Waals surface area (Å²) < 4.78 is 0. The Labute approximate surface area is 64.9 Å². The van der Waals surface area contributed by atoms with E-state index in [1.165, 1.54) is 6.92 Å². The number of hydrogen-bond donors (Lipinski definition) is 1. The van der Waals surface area contributed by atoms with E-state index in [9.17, 15) is 9.70 Å². The Bertz CT molecular complexity index is 206. The molecule has 0 aromatic rings. The van der Waals surface area contributed by atoms with Crippen molar-refractivity contribution in [2.75, 3.05) is 0 Å². The van der Waals surface area contributed by atoms with Gasteiger partial charge in [-0.05, 0) is 5.18 Å². The van der Waals surface area contributed by atoms with E-state index in [1.54, 1.807) is 13.8 Å². The highest BCUT2D eigenvalue weighted by molar-refractivity contribution is 5.93. The van der Waals surface area contributed by atoms with Crippen molar-refractivity contribution in [3.63, 3.8) is 0 Å². The second kappa shape index (κ2) is 3.85. The molecule has 0 heterocycles. The Morgan fingerprint density at radius 2 is 1.91 bits per heavy atom. The number of carbonyl (C=O) groups is 1. The average molecular weight is 157 g/mol. The Morgan fingerprint density at radius 1 is 1.45 bits per heavy atom. The van der Waals surface area contributed by atoms with Gasteiger partial charge >= 0.3 is 0 Å². The lowest BCUT2D eigenvalue weighted by molar-refractivity contribution is -0.113. The number of ketones is 1. The zero-order valence-electron chi connectivity index (χ0n) is 6.79. The molecule has 0 aromatic heterocycles. The van der Waals surface area contributed by atoms with Crippen LogP contribution < -0.4 is 0 Å². The molecule has 1 N–H and O–H groups in total. The summed E-state index contributed by atoms with van der Waals surface area (Å²) in [6, 6.07) is 0. The first-order valence-corrected chi connectivity index (χ1v) is 3.28. The van der Waals surface area contributed by atoms with Crippen LogP contribution in [0.15, 0.2) is 16.6 Å². The fraction of sp³-hybridized carbons (Fsp3) is 0.571. The lowest BCUT2D eigenvalue weighted by Crippen LogP contribution is -2.03. The zero-order valence-corrected chi connectivity index (χ0v) is 6.79. The molecule has 0 saturated carbocycles. The Kier molecular flexibility index (Phi) is 3.44. The number of hydrogen-bond acceptors (Lipinski definition) is 4. The van der Waals surface area contributed by atoms with Crippen molar-refractivity contribution in [1.82, 2.24) is 0 Å². The maximum Gasteiger partial charge on any atom is 0.188 e. The number of carbonyl (C=O) groups excluding carboxylic acids is 1. The van der Waals surface area contributed by atoms with Crippen LogP contribution in [0.1, 0.15) is 20.8 Å². The van der Waals surface area contributed by atoms with Crippen molar-refractivity contribution < 1.29 is 9.90 Å². The fourth-order valence-corrected chi connectivity index (χ4v) is 0.565. The van der Waals surface area contributed by atoms with Crippen molar-refractivity contribution in [3.8, 4) is 0 Å².